The number of carbonyl (C=O) groups excluding carboxylic acids is 5. The van der Waals surface area contributed by atoms with E-state index in [1.807, 2.05) is 0 Å². The third-order valence-electron chi connectivity index (χ3n) is 11.6. The highest BCUT2D eigenvalue weighted by molar-refractivity contribution is 5.89. The minimum absolute atomic E-state index is 0.00281. The summed E-state index contributed by atoms with van der Waals surface area (Å²) in [7, 11) is 0. The van der Waals surface area contributed by atoms with Crippen molar-refractivity contribution < 1.29 is 57.9 Å². The van der Waals surface area contributed by atoms with E-state index in [2.05, 4.69) is 0 Å². The van der Waals surface area contributed by atoms with Crippen molar-refractivity contribution in [3.63, 3.8) is 0 Å². The Labute approximate surface area is 274 Å². The average Bonchev–Trinajstić information content (AvgIpc) is 3.30. The standard InChI is InChI=1S/C35H46O12/c1-18-14-34(42)26(27(18)46-29(40)23-12-10-9-11-13-23)28(44-20(3)37)32(7)17-35(47-22(5)39)24(33(32,8)30(34)45-21(4)38)15-31(6,41)16-25(35)43-19(2)36/h9-13,18,24-28,30,41-42H,14-17H2,1-8H3/t18-,24-,25-,26+,27-,28+,30+,31+,32-,33+,34+,35-/m0/s1. The van der Waals surface area contributed by atoms with Gasteiger partial charge in [0.15, 0.2) is 5.60 Å². The minimum Gasteiger partial charge on any atom is -0.461 e. The lowest BCUT2D eigenvalue weighted by Crippen LogP contribution is -2.73. The van der Waals surface area contributed by atoms with E-state index in [1.165, 1.54) is 27.7 Å². The molecule has 12 nitrogen and oxygen atoms in total. The second-order valence-electron chi connectivity index (χ2n) is 14.9. The fraction of sp³-hybridized carbons (Fsp3) is 0.686. The molecule has 4 fully saturated rings. The maximum atomic E-state index is 13.4. The maximum absolute atomic E-state index is 13.4. The number of hydrogen-bond donors (Lipinski definition) is 2. The van der Waals surface area contributed by atoms with Crippen molar-refractivity contribution in [2.45, 2.75) is 122 Å². The van der Waals surface area contributed by atoms with Crippen LogP contribution in [0.1, 0.15) is 91.4 Å². The summed E-state index contributed by atoms with van der Waals surface area (Å²) in [6.45, 7) is 11.9. The molecule has 0 unspecified atom stereocenters. The molecular weight excluding hydrogens is 612 g/mol. The quantitative estimate of drug-likeness (QED) is 0.338. The molecule has 12 atom stereocenters. The molecule has 2 N–H and O–H groups in total. The van der Waals surface area contributed by atoms with Gasteiger partial charge in [-0.3, -0.25) is 19.2 Å². The molecule has 0 amide bonds. The third kappa shape index (κ3) is 5.41. The van der Waals surface area contributed by atoms with Gasteiger partial charge in [-0.2, -0.15) is 0 Å². The predicted molar refractivity (Wildman–Crippen MR) is 163 cm³/mol. The van der Waals surface area contributed by atoms with Crippen molar-refractivity contribution >= 4 is 29.8 Å². The summed E-state index contributed by atoms with van der Waals surface area (Å²) in [6, 6.07) is 8.35. The molecule has 47 heavy (non-hydrogen) atoms. The molecule has 0 bridgehead atoms. The van der Waals surface area contributed by atoms with E-state index in [0.29, 0.717) is 0 Å². The molecule has 0 saturated heterocycles. The van der Waals surface area contributed by atoms with Gasteiger partial charge in [-0.1, -0.05) is 39.0 Å². The van der Waals surface area contributed by atoms with Gasteiger partial charge in [0.05, 0.1) is 17.1 Å². The summed E-state index contributed by atoms with van der Waals surface area (Å²) in [5.41, 5.74) is -7.26. The molecule has 12 heteroatoms. The molecule has 5 rings (SSSR count). The molecule has 4 aliphatic carbocycles. The molecule has 0 radical (unpaired) electrons. The maximum Gasteiger partial charge on any atom is 0.338 e. The average molecular weight is 659 g/mol. The van der Waals surface area contributed by atoms with Crippen molar-refractivity contribution in [1.82, 2.24) is 0 Å². The number of carbonyl (C=O) groups is 5. The summed E-state index contributed by atoms with van der Waals surface area (Å²) in [5, 5.41) is 24.6. The van der Waals surface area contributed by atoms with Crippen LogP contribution in [0.4, 0.5) is 0 Å². The summed E-state index contributed by atoms with van der Waals surface area (Å²) in [5.74, 6) is -5.76. The second-order valence-corrected chi connectivity index (χ2v) is 14.9. The molecular formula is C35H46O12. The van der Waals surface area contributed by atoms with Crippen LogP contribution in [-0.4, -0.2) is 81.3 Å². The molecule has 0 heterocycles. The van der Waals surface area contributed by atoms with Crippen LogP contribution in [0.15, 0.2) is 30.3 Å². The number of hydrogen-bond acceptors (Lipinski definition) is 12. The fourth-order valence-electron chi connectivity index (χ4n) is 10.0. The number of rotatable bonds is 6. The van der Waals surface area contributed by atoms with Crippen LogP contribution in [0.5, 0.6) is 0 Å². The topological polar surface area (TPSA) is 172 Å². The van der Waals surface area contributed by atoms with Crippen LogP contribution < -0.4 is 0 Å². The third-order valence-corrected chi connectivity index (χ3v) is 11.6. The molecule has 258 valence electrons. The van der Waals surface area contributed by atoms with Gasteiger partial charge in [0.1, 0.15) is 30.0 Å². The monoisotopic (exact) mass is 658 g/mol. The van der Waals surface area contributed by atoms with Crippen molar-refractivity contribution in [1.29, 1.82) is 0 Å². The Hall–Kier alpha value is -3.51. The first-order chi connectivity index (χ1) is 21.7. The molecule has 1 aromatic carbocycles. The van der Waals surface area contributed by atoms with Gasteiger partial charge in [0.25, 0.3) is 0 Å². The number of esters is 5. The van der Waals surface area contributed by atoms with Crippen LogP contribution in [0.3, 0.4) is 0 Å². The first-order valence-electron chi connectivity index (χ1n) is 16.1. The molecule has 4 saturated carbocycles. The van der Waals surface area contributed by atoms with E-state index in [1.54, 1.807) is 58.0 Å². The largest absolute Gasteiger partial charge is 0.461 e. The lowest BCUT2D eigenvalue weighted by molar-refractivity contribution is -0.290. The molecule has 0 spiro atoms. The van der Waals surface area contributed by atoms with Gasteiger partial charge in [0, 0.05) is 57.3 Å². The van der Waals surface area contributed by atoms with Crippen LogP contribution in [0.25, 0.3) is 0 Å². The normalized spacial score (nSPS) is 43.4. The number of aliphatic hydroxyl groups is 2. The van der Waals surface area contributed by atoms with Gasteiger partial charge in [-0.15, -0.1) is 0 Å². The molecule has 0 aromatic heterocycles. The zero-order chi connectivity index (χ0) is 34.9. The smallest absolute Gasteiger partial charge is 0.338 e. The Kier molecular flexibility index (Phi) is 8.57. The van der Waals surface area contributed by atoms with Gasteiger partial charge < -0.3 is 33.9 Å². The van der Waals surface area contributed by atoms with Crippen molar-refractivity contribution in [3.8, 4) is 0 Å². The summed E-state index contributed by atoms with van der Waals surface area (Å²) in [6.07, 6.45) is -4.71. The van der Waals surface area contributed by atoms with E-state index < -0.39 is 99.6 Å². The van der Waals surface area contributed by atoms with E-state index in [4.69, 9.17) is 23.7 Å². The SMILES string of the molecule is CC(=O)O[C@H]1C[C@](C)(O)C[C@@H]2[C@@]1(OC(C)=O)C[C@@]1(C)[C@H](OC(C)=O)[C@H]3[C@@H](OC(=O)c4ccccc4)[C@@H](C)C[C@]3(O)[C@H](OC(C)=O)[C@@]21C. The Balaban J connectivity index is 1.76. The predicted octanol–water partition coefficient (Wildman–Crippen LogP) is 3.29. The molecule has 4 aliphatic rings. The lowest BCUT2D eigenvalue weighted by atomic mass is 9.46. The molecule has 0 aliphatic heterocycles. The fourth-order valence-corrected chi connectivity index (χ4v) is 10.0. The van der Waals surface area contributed by atoms with Crippen LogP contribution in [0, 0.1) is 28.6 Å². The second kappa shape index (κ2) is 11.6. The minimum atomic E-state index is -1.91. The zero-order valence-corrected chi connectivity index (χ0v) is 28.2. The summed E-state index contributed by atoms with van der Waals surface area (Å²) in [4.78, 5) is 64.6. The first-order valence-corrected chi connectivity index (χ1v) is 16.1. The van der Waals surface area contributed by atoms with Gasteiger partial charge in [-0.25, -0.2) is 4.79 Å². The van der Waals surface area contributed by atoms with E-state index >= 15 is 0 Å². The van der Waals surface area contributed by atoms with E-state index in [0.717, 1.165) is 0 Å². The van der Waals surface area contributed by atoms with E-state index in [-0.39, 0.29) is 31.2 Å². The lowest BCUT2D eigenvalue weighted by Gasteiger charge is -2.63. The van der Waals surface area contributed by atoms with Crippen LogP contribution in [-0.2, 0) is 42.9 Å². The van der Waals surface area contributed by atoms with Gasteiger partial charge in [0.2, 0.25) is 0 Å². The van der Waals surface area contributed by atoms with Gasteiger partial charge >= 0.3 is 29.8 Å². The highest BCUT2D eigenvalue weighted by Crippen LogP contribution is 2.76. The highest BCUT2D eigenvalue weighted by atomic mass is 16.6. The van der Waals surface area contributed by atoms with Crippen molar-refractivity contribution in [2.75, 3.05) is 0 Å². The summed E-state index contributed by atoms with van der Waals surface area (Å²) < 4.78 is 30.4. The summed E-state index contributed by atoms with van der Waals surface area (Å²) >= 11 is 0. The molecule has 1 aromatic rings. The Morgan fingerprint density at radius 3 is 1.91 bits per heavy atom. The van der Waals surface area contributed by atoms with Gasteiger partial charge in [-0.05, 0) is 37.8 Å². The highest BCUT2D eigenvalue weighted by Gasteiger charge is 2.85. The Bertz CT molecular complexity index is 1460. The number of ether oxygens (including phenoxy) is 5. The van der Waals surface area contributed by atoms with Crippen molar-refractivity contribution in [3.05, 3.63) is 35.9 Å². The van der Waals surface area contributed by atoms with Crippen LogP contribution >= 0.6 is 0 Å². The van der Waals surface area contributed by atoms with Crippen molar-refractivity contribution in [2.24, 2.45) is 28.6 Å². The van der Waals surface area contributed by atoms with Crippen LogP contribution in [0.2, 0.25) is 0 Å². The zero-order valence-electron chi connectivity index (χ0n) is 28.2. The number of benzene rings is 1. The Morgan fingerprint density at radius 2 is 1.36 bits per heavy atom. The van der Waals surface area contributed by atoms with E-state index in [9.17, 15) is 34.2 Å². The first kappa shape index (κ1) is 34.8. The number of fused-ring (bicyclic) bond motifs is 4. The Morgan fingerprint density at radius 1 is 0.766 bits per heavy atom.